The van der Waals surface area contributed by atoms with Gasteiger partial charge in [-0.1, -0.05) is 45.1 Å². The topological polar surface area (TPSA) is 61.8 Å². The van der Waals surface area contributed by atoms with E-state index in [9.17, 15) is 9.59 Å². The van der Waals surface area contributed by atoms with Crippen molar-refractivity contribution < 1.29 is 23.8 Å². The molecule has 0 aromatic heterocycles. The molecule has 2 fully saturated rings. The third-order valence-electron chi connectivity index (χ3n) is 6.02. The van der Waals surface area contributed by atoms with Gasteiger partial charge in [0.25, 0.3) is 0 Å². The quantitative estimate of drug-likeness (QED) is 0.259. The molecule has 5 nitrogen and oxygen atoms in total. The fourth-order valence-corrected chi connectivity index (χ4v) is 4.44. The van der Waals surface area contributed by atoms with Crippen LogP contribution >= 0.6 is 0 Å². The molecular formula is C23H38O5. The Morgan fingerprint density at radius 1 is 1.00 bits per heavy atom. The molecule has 160 valence electrons. The number of hydrogen-bond acceptors (Lipinski definition) is 5. The first-order valence-electron chi connectivity index (χ1n) is 11.2. The van der Waals surface area contributed by atoms with Gasteiger partial charge in [-0.15, -0.1) is 0 Å². The van der Waals surface area contributed by atoms with E-state index >= 15 is 0 Å². The van der Waals surface area contributed by atoms with Crippen LogP contribution in [0.3, 0.4) is 0 Å². The van der Waals surface area contributed by atoms with Gasteiger partial charge in [0, 0.05) is 12.8 Å². The van der Waals surface area contributed by atoms with Crippen LogP contribution < -0.4 is 0 Å². The third-order valence-corrected chi connectivity index (χ3v) is 6.02. The summed E-state index contributed by atoms with van der Waals surface area (Å²) in [5.41, 5.74) is 0. The van der Waals surface area contributed by atoms with Crippen LogP contribution in [0, 0.1) is 11.8 Å². The Hall–Kier alpha value is -1.20. The average Bonchev–Trinajstić information content (AvgIpc) is 3.06. The van der Waals surface area contributed by atoms with Crippen LogP contribution in [0.15, 0.2) is 12.2 Å². The minimum atomic E-state index is -0.125. The second-order valence-corrected chi connectivity index (χ2v) is 8.12. The number of ketones is 1. The van der Waals surface area contributed by atoms with E-state index in [2.05, 4.69) is 17.7 Å². The highest BCUT2D eigenvalue weighted by Gasteiger charge is 2.44. The predicted octanol–water partition coefficient (Wildman–Crippen LogP) is 4.63. The van der Waals surface area contributed by atoms with Crippen LogP contribution in [0.1, 0.15) is 77.6 Å². The Morgan fingerprint density at radius 3 is 2.54 bits per heavy atom. The number of carbonyl (C=O) groups excluding carboxylic acids is 2. The largest absolute Gasteiger partial charge is 0.469 e. The Kier molecular flexibility index (Phi) is 10.8. The average molecular weight is 395 g/mol. The first-order valence-corrected chi connectivity index (χ1v) is 11.2. The van der Waals surface area contributed by atoms with Gasteiger partial charge in [0.05, 0.1) is 32.5 Å². The van der Waals surface area contributed by atoms with Gasteiger partial charge in [-0.2, -0.15) is 0 Å². The van der Waals surface area contributed by atoms with E-state index in [1.807, 2.05) is 0 Å². The zero-order valence-electron chi connectivity index (χ0n) is 17.7. The molecule has 5 heteroatoms. The number of rotatable bonds is 13. The van der Waals surface area contributed by atoms with E-state index < -0.39 is 0 Å². The molecule has 1 saturated heterocycles. The predicted molar refractivity (Wildman–Crippen MR) is 109 cm³/mol. The van der Waals surface area contributed by atoms with Crippen LogP contribution in [0.4, 0.5) is 0 Å². The van der Waals surface area contributed by atoms with Crippen molar-refractivity contribution in [3.8, 4) is 0 Å². The fourth-order valence-electron chi connectivity index (χ4n) is 4.44. The summed E-state index contributed by atoms with van der Waals surface area (Å²) in [5.74, 6) is 0.899. The fraction of sp³-hybridized carbons (Fsp3) is 0.826. The highest BCUT2D eigenvalue weighted by atomic mass is 16.6. The second-order valence-electron chi connectivity index (χ2n) is 8.12. The molecule has 1 aliphatic heterocycles. The summed E-state index contributed by atoms with van der Waals surface area (Å²) in [5, 5.41) is 0. The number of allylic oxidation sites excluding steroid dienone is 2. The molecule has 0 radical (unpaired) electrons. The van der Waals surface area contributed by atoms with Gasteiger partial charge in [-0.25, -0.2) is 0 Å². The molecule has 0 aromatic rings. The Morgan fingerprint density at radius 2 is 1.75 bits per heavy atom. The Labute approximate surface area is 170 Å². The van der Waals surface area contributed by atoms with E-state index in [1.165, 1.54) is 7.11 Å². The SMILES string of the molecule is CCCCCC(=O)C=C[C@H]1CC2OCCOC2[C@@H]1CCCCCCC(=O)OC. The summed E-state index contributed by atoms with van der Waals surface area (Å²) >= 11 is 0. The summed E-state index contributed by atoms with van der Waals surface area (Å²) in [7, 11) is 1.44. The van der Waals surface area contributed by atoms with Gasteiger partial charge in [-0.05, 0) is 43.6 Å². The van der Waals surface area contributed by atoms with Crippen molar-refractivity contribution in [1.29, 1.82) is 0 Å². The third kappa shape index (κ3) is 7.67. The summed E-state index contributed by atoms with van der Waals surface area (Å²) in [6, 6.07) is 0. The number of fused-ring (bicyclic) bond motifs is 1. The van der Waals surface area contributed by atoms with Gasteiger partial charge in [0.15, 0.2) is 5.78 Å². The lowest BCUT2D eigenvalue weighted by molar-refractivity contribution is -0.140. The van der Waals surface area contributed by atoms with Crippen LogP contribution in [-0.2, 0) is 23.8 Å². The molecule has 28 heavy (non-hydrogen) atoms. The zero-order chi connectivity index (χ0) is 20.2. The van der Waals surface area contributed by atoms with Crippen LogP contribution in [0.5, 0.6) is 0 Å². The molecule has 1 aliphatic carbocycles. The first kappa shape index (κ1) is 23.1. The number of methoxy groups -OCH3 is 1. The monoisotopic (exact) mass is 394 g/mol. The number of esters is 1. The van der Waals surface area contributed by atoms with Crippen molar-refractivity contribution >= 4 is 11.8 Å². The van der Waals surface area contributed by atoms with Crippen molar-refractivity contribution in [3.63, 3.8) is 0 Å². The number of carbonyl (C=O) groups is 2. The van der Waals surface area contributed by atoms with E-state index in [4.69, 9.17) is 9.47 Å². The van der Waals surface area contributed by atoms with Gasteiger partial charge in [0.2, 0.25) is 0 Å². The Balaban J connectivity index is 1.79. The minimum Gasteiger partial charge on any atom is -0.469 e. The molecule has 1 saturated carbocycles. The molecular weight excluding hydrogens is 356 g/mol. The van der Waals surface area contributed by atoms with Gasteiger partial charge >= 0.3 is 5.97 Å². The van der Waals surface area contributed by atoms with Crippen molar-refractivity contribution in [2.75, 3.05) is 20.3 Å². The Bertz CT molecular complexity index is 501. The van der Waals surface area contributed by atoms with Crippen LogP contribution in [0.2, 0.25) is 0 Å². The molecule has 2 unspecified atom stereocenters. The molecule has 0 aromatic carbocycles. The lowest BCUT2D eigenvalue weighted by Gasteiger charge is -2.30. The maximum Gasteiger partial charge on any atom is 0.305 e. The molecule has 2 rings (SSSR count). The first-order chi connectivity index (χ1) is 13.7. The molecule has 0 bridgehead atoms. The van der Waals surface area contributed by atoms with Crippen molar-refractivity contribution in [3.05, 3.63) is 12.2 Å². The number of ether oxygens (including phenoxy) is 3. The van der Waals surface area contributed by atoms with Gasteiger partial charge in [0.1, 0.15) is 0 Å². The van der Waals surface area contributed by atoms with E-state index in [0.717, 1.165) is 57.8 Å². The molecule has 0 spiro atoms. The normalized spacial score (nSPS) is 27.1. The summed E-state index contributed by atoms with van der Waals surface area (Å²) in [4.78, 5) is 23.3. The van der Waals surface area contributed by atoms with Crippen molar-refractivity contribution in [1.82, 2.24) is 0 Å². The molecule has 1 heterocycles. The lowest BCUT2D eigenvalue weighted by Crippen LogP contribution is -2.37. The maximum absolute atomic E-state index is 12.1. The summed E-state index contributed by atoms with van der Waals surface area (Å²) < 4.78 is 16.7. The maximum atomic E-state index is 12.1. The highest BCUT2D eigenvalue weighted by Crippen LogP contribution is 2.41. The molecule has 0 amide bonds. The summed E-state index contributed by atoms with van der Waals surface area (Å²) in [6.45, 7) is 3.50. The van der Waals surface area contributed by atoms with Crippen molar-refractivity contribution in [2.45, 2.75) is 89.8 Å². The standard InChI is InChI=1S/C23H38O5/c1-3-4-7-10-19(24)14-13-18-17-21-23(28-16-15-27-21)20(18)11-8-5-6-9-12-22(25)26-2/h13-14,18,20-21,23H,3-12,15-17H2,1-2H3/t18-,20+,21?,23?/m0/s1. The smallest absolute Gasteiger partial charge is 0.305 e. The molecule has 2 aliphatic rings. The van der Waals surface area contributed by atoms with Crippen molar-refractivity contribution in [2.24, 2.45) is 11.8 Å². The number of unbranched alkanes of at least 4 members (excludes halogenated alkanes) is 5. The van der Waals surface area contributed by atoms with Crippen LogP contribution in [0.25, 0.3) is 0 Å². The van der Waals surface area contributed by atoms with E-state index in [-0.39, 0.29) is 24.0 Å². The second kappa shape index (κ2) is 13.1. The molecule has 4 atom stereocenters. The van der Waals surface area contributed by atoms with Crippen LogP contribution in [-0.4, -0.2) is 44.3 Å². The number of hydrogen-bond donors (Lipinski definition) is 0. The lowest BCUT2D eigenvalue weighted by atomic mass is 9.88. The summed E-state index contributed by atoms with van der Waals surface area (Å²) in [6.07, 6.45) is 14.9. The minimum absolute atomic E-state index is 0.125. The van der Waals surface area contributed by atoms with E-state index in [1.54, 1.807) is 6.08 Å². The highest BCUT2D eigenvalue weighted by molar-refractivity contribution is 5.89. The van der Waals surface area contributed by atoms with Gasteiger partial charge < -0.3 is 14.2 Å². The van der Waals surface area contributed by atoms with Gasteiger partial charge in [-0.3, -0.25) is 9.59 Å². The molecule has 0 N–H and O–H groups in total. The van der Waals surface area contributed by atoms with E-state index in [0.29, 0.717) is 37.9 Å². The zero-order valence-corrected chi connectivity index (χ0v) is 17.7.